The van der Waals surface area contributed by atoms with Crippen LogP contribution in [-0.2, 0) is 9.53 Å². The van der Waals surface area contributed by atoms with Gasteiger partial charge in [0.15, 0.2) is 11.5 Å². The van der Waals surface area contributed by atoms with E-state index in [1.807, 2.05) is 4.90 Å². The molecule has 1 aliphatic heterocycles. The molecule has 0 aromatic carbocycles. The minimum Gasteiger partial charge on any atom is -0.464 e. The zero-order valence-electron chi connectivity index (χ0n) is 11.2. The Hall–Kier alpha value is -2.22. The molecule has 0 spiro atoms. The number of ether oxygens (including phenoxy) is 1. The lowest BCUT2D eigenvalue weighted by atomic mass is 10.2. The molecule has 0 radical (unpaired) electrons. The molecule has 1 unspecified atom stereocenters. The van der Waals surface area contributed by atoms with Crippen LogP contribution < -0.4 is 16.0 Å². The Morgan fingerprint density at radius 2 is 2.30 bits per heavy atom. The van der Waals surface area contributed by atoms with Gasteiger partial charge in [-0.15, -0.1) is 10.2 Å². The van der Waals surface area contributed by atoms with E-state index in [0.29, 0.717) is 25.5 Å². The van der Waals surface area contributed by atoms with Crippen molar-refractivity contribution in [3.05, 3.63) is 17.8 Å². The number of anilines is 1. The standard InChI is InChI=1S/C12H17N5O3/c1-2-20-12(19)9-7-14-5-6-17(9)10-4-3-8(11(13)18)15-16-10/h3-4,9,14H,2,5-7H2,1H3,(H2,13,18). The molecule has 0 aliphatic carbocycles. The summed E-state index contributed by atoms with van der Waals surface area (Å²) >= 11 is 0. The van der Waals surface area contributed by atoms with Crippen LogP contribution in [0.1, 0.15) is 17.4 Å². The zero-order chi connectivity index (χ0) is 14.5. The first kappa shape index (κ1) is 14.2. The fourth-order valence-corrected chi connectivity index (χ4v) is 2.04. The zero-order valence-corrected chi connectivity index (χ0v) is 11.2. The molecule has 0 saturated carbocycles. The third-order valence-electron chi connectivity index (χ3n) is 3.00. The number of aromatic nitrogens is 2. The average Bonchev–Trinajstić information content (AvgIpc) is 2.47. The molecular weight excluding hydrogens is 262 g/mol. The van der Waals surface area contributed by atoms with Gasteiger partial charge in [0.05, 0.1) is 6.61 Å². The maximum Gasteiger partial charge on any atom is 0.330 e. The molecular formula is C12H17N5O3. The summed E-state index contributed by atoms with van der Waals surface area (Å²) in [6.45, 7) is 3.91. The molecule has 1 amide bonds. The number of primary amides is 1. The summed E-state index contributed by atoms with van der Waals surface area (Å²) < 4.78 is 5.05. The number of nitrogens with one attached hydrogen (secondary N) is 1. The number of rotatable bonds is 4. The third-order valence-corrected chi connectivity index (χ3v) is 3.00. The van der Waals surface area contributed by atoms with Gasteiger partial charge in [0.25, 0.3) is 5.91 Å². The second-order valence-corrected chi connectivity index (χ2v) is 4.31. The first-order valence-electron chi connectivity index (χ1n) is 6.41. The topological polar surface area (TPSA) is 110 Å². The number of nitrogens with two attached hydrogens (primary N) is 1. The Balaban J connectivity index is 2.18. The molecule has 1 fully saturated rings. The van der Waals surface area contributed by atoms with Crippen LogP contribution in [-0.4, -0.2) is 54.4 Å². The molecule has 0 bridgehead atoms. The molecule has 1 atom stereocenters. The number of hydrogen-bond donors (Lipinski definition) is 2. The van der Waals surface area contributed by atoms with Crippen molar-refractivity contribution in [2.45, 2.75) is 13.0 Å². The molecule has 108 valence electrons. The Labute approximate surface area is 116 Å². The number of amides is 1. The molecule has 3 N–H and O–H groups in total. The molecule has 1 aliphatic rings. The van der Waals surface area contributed by atoms with E-state index in [4.69, 9.17) is 10.5 Å². The van der Waals surface area contributed by atoms with Gasteiger partial charge in [-0.25, -0.2) is 4.79 Å². The van der Waals surface area contributed by atoms with E-state index in [0.717, 1.165) is 6.54 Å². The van der Waals surface area contributed by atoms with Gasteiger partial charge < -0.3 is 20.7 Å². The lowest BCUT2D eigenvalue weighted by Crippen LogP contribution is -2.56. The van der Waals surface area contributed by atoms with Crippen molar-refractivity contribution in [2.24, 2.45) is 5.73 Å². The third kappa shape index (κ3) is 3.02. The number of piperazine rings is 1. The van der Waals surface area contributed by atoms with Crippen LogP contribution in [0.3, 0.4) is 0 Å². The second kappa shape index (κ2) is 6.29. The Kier molecular flexibility index (Phi) is 4.46. The van der Waals surface area contributed by atoms with Crippen molar-refractivity contribution in [3.63, 3.8) is 0 Å². The van der Waals surface area contributed by atoms with E-state index < -0.39 is 11.9 Å². The number of carbonyl (C=O) groups excluding carboxylic acids is 2. The molecule has 8 nitrogen and oxygen atoms in total. The van der Waals surface area contributed by atoms with Crippen LogP contribution >= 0.6 is 0 Å². The van der Waals surface area contributed by atoms with Crippen molar-refractivity contribution in [1.82, 2.24) is 15.5 Å². The van der Waals surface area contributed by atoms with Crippen LogP contribution in [0.5, 0.6) is 0 Å². The quantitative estimate of drug-likeness (QED) is 0.674. The fourth-order valence-electron chi connectivity index (χ4n) is 2.04. The highest BCUT2D eigenvalue weighted by atomic mass is 16.5. The molecule has 20 heavy (non-hydrogen) atoms. The summed E-state index contributed by atoms with van der Waals surface area (Å²) in [6, 6.07) is 2.68. The fraction of sp³-hybridized carbons (Fsp3) is 0.500. The van der Waals surface area contributed by atoms with Crippen molar-refractivity contribution in [3.8, 4) is 0 Å². The van der Waals surface area contributed by atoms with Gasteiger partial charge in [0.1, 0.15) is 6.04 Å². The highest BCUT2D eigenvalue weighted by Crippen LogP contribution is 2.16. The predicted octanol–water partition coefficient (Wildman–Crippen LogP) is -1.08. The summed E-state index contributed by atoms with van der Waals surface area (Å²) in [5.74, 6) is -0.415. The van der Waals surface area contributed by atoms with Crippen molar-refractivity contribution in [1.29, 1.82) is 0 Å². The van der Waals surface area contributed by atoms with E-state index in [-0.39, 0.29) is 11.7 Å². The summed E-state index contributed by atoms with van der Waals surface area (Å²) in [7, 11) is 0. The van der Waals surface area contributed by atoms with Gasteiger partial charge in [0, 0.05) is 19.6 Å². The minimum atomic E-state index is -0.633. The van der Waals surface area contributed by atoms with E-state index in [1.165, 1.54) is 6.07 Å². The van der Waals surface area contributed by atoms with Crippen molar-refractivity contribution < 1.29 is 14.3 Å². The van der Waals surface area contributed by atoms with Crippen LogP contribution in [0.15, 0.2) is 12.1 Å². The van der Waals surface area contributed by atoms with Gasteiger partial charge in [-0.1, -0.05) is 0 Å². The normalized spacial score (nSPS) is 18.6. The largest absolute Gasteiger partial charge is 0.464 e. The summed E-state index contributed by atoms with van der Waals surface area (Å²) in [4.78, 5) is 24.7. The molecule has 1 aromatic heterocycles. The van der Waals surface area contributed by atoms with Crippen molar-refractivity contribution in [2.75, 3.05) is 31.1 Å². The van der Waals surface area contributed by atoms with Gasteiger partial charge in [-0.2, -0.15) is 0 Å². The Morgan fingerprint density at radius 1 is 1.50 bits per heavy atom. The van der Waals surface area contributed by atoms with E-state index in [1.54, 1.807) is 13.0 Å². The molecule has 1 aromatic rings. The smallest absolute Gasteiger partial charge is 0.330 e. The summed E-state index contributed by atoms with van der Waals surface area (Å²) in [5.41, 5.74) is 5.21. The molecule has 8 heteroatoms. The van der Waals surface area contributed by atoms with Gasteiger partial charge in [0.2, 0.25) is 0 Å². The van der Waals surface area contributed by atoms with Crippen LogP contribution in [0, 0.1) is 0 Å². The van der Waals surface area contributed by atoms with Crippen LogP contribution in [0.25, 0.3) is 0 Å². The molecule has 2 rings (SSSR count). The highest BCUT2D eigenvalue weighted by Gasteiger charge is 2.30. The van der Waals surface area contributed by atoms with E-state index in [2.05, 4.69) is 15.5 Å². The van der Waals surface area contributed by atoms with Gasteiger partial charge >= 0.3 is 5.97 Å². The number of esters is 1. The Morgan fingerprint density at radius 3 is 2.90 bits per heavy atom. The van der Waals surface area contributed by atoms with E-state index >= 15 is 0 Å². The predicted molar refractivity (Wildman–Crippen MR) is 71.2 cm³/mol. The number of nitrogens with zero attached hydrogens (tertiary/aromatic N) is 3. The summed E-state index contributed by atoms with van der Waals surface area (Å²) in [6.07, 6.45) is 0. The number of hydrogen-bond acceptors (Lipinski definition) is 7. The summed E-state index contributed by atoms with van der Waals surface area (Å²) in [5, 5.41) is 10.8. The monoisotopic (exact) mass is 279 g/mol. The average molecular weight is 279 g/mol. The van der Waals surface area contributed by atoms with Gasteiger partial charge in [-0.05, 0) is 19.1 Å². The van der Waals surface area contributed by atoms with Gasteiger partial charge in [-0.3, -0.25) is 4.79 Å². The molecule has 2 heterocycles. The van der Waals surface area contributed by atoms with Crippen LogP contribution in [0.4, 0.5) is 5.82 Å². The maximum atomic E-state index is 11.9. The SMILES string of the molecule is CCOC(=O)C1CNCCN1c1ccc(C(N)=O)nn1. The first-order valence-corrected chi connectivity index (χ1v) is 6.41. The second-order valence-electron chi connectivity index (χ2n) is 4.31. The van der Waals surface area contributed by atoms with Crippen LogP contribution in [0.2, 0.25) is 0 Å². The Bertz CT molecular complexity index is 490. The van der Waals surface area contributed by atoms with Crippen molar-refractivity contribution >= 4 is 17.7 Å². The highest BCUT2D eigenvalue weighted by molar-refractivity contribution is 5.90. The first-order chi connectivity index (χ1) is 9.63. The minimum absolute atomic E-state index is 0.0940. The lowest BCUT2D eigenvalue weighted by molar-refractivity contribution is -0.144. The number of carbonyl (C=O) groups is 2. The lowest BCUT2D eigenvalue weighted by Gasteiger charge is -2.34. The maximum absolute atomic E-state index is 11.9. The molecule has 1 saturated heterocycles. The van der Waals surface area contributed by atoms with E-state index in [9.17, 15) is 9.59 Å².